The molecule has 1 aromatic rings. The monoisotopic (exact) mass is 232 g/mol. The van der Waals surface area contributed by atoms with E-state index < -0.39 is 17.5 Å². The van der Waals surface area contributed by atoms with Crippen LogP contribution in [0.2, 0.25) is 0 Å². The van der Waals surface area contributed by atoms with Gasteiger partial charge in [0.05, 0.1) is 5.56 Å². The minimum atomic E-state index is -1.49. The molecule has 0 aliphatic rings. The molecule has 4 heteroatoms. The standard InChI is InChI=1S/C11H8ClF3/c12-7-3-1-2-4-8-5-6-9(13)11(15)10(8)14/h5-6H,1,3,7H2. The summed E-state index contributed by atoms with van der Waals surface area (Å²) in [5, 5.41) is 0. The van der Waals surface area contributed by atoms with E-state index in [4.69, 9.17) is 11.6 Å². The van der Waals surface area contributed by atoms with Gasteiger partial charge in [-0.05, 0) is 18.6 Å². The quantitative estimate of drug-likeness (QED) is 0.317. The molecule has 15 heavy (non-hydrogen) atoms. The highest BCUT2D eigenvalue weighted by Gasteiger charge is 2.11. The molecule has 0 fully saturated rings. The first-order chi connectivity index (χ1) is 7.16. The Morgan fingerprint density at radius 3 is 2.53 bits per heavy atom. The zero-order valence-corrected chi connectivity index (χ0v) is 8.54. The fourth-order valence-electron chi connectivity index (χ4n) is 0.935. The van der Waals surface area contributed by atoms with Gasteiger partial charge in [-0.1, -0.05) is 11.8 Å². The Kier molecular flexibility index (Phi) is 4.51. The largest absolute Gasteiger partial charge is 0.204 e. The molecule has 0 aliphatic carbocycles. The second-order valence-corrected chi connectivity index (χ2v) is 3.20. The van der Waals surface area contributed by atoms with E-state index in [9.17, 15) is 13.2 Å². The van der Waals surface area contributed by atoms with E-state index in [1.165, 1.54) is 0 Å². The molecule has 0 unspecified atom stereocenters. The Morgan fingerprint density at radius 1 is 1.13 bits per heavy atom. The Hall–Kier alpha value is -1.14. The summed E-state index contributed by atoms with van der Waals surface area (Å²) in [7, 11) is 0. The summed E-state index contributed by atoms with van der Waals surface area (Å²) in [6.45, 7) is 0. The van der Waals surface area contributed by atoms with Crippen LogP contribution >= 0.6 is 11.6 Å². The molecule has 0 nitrogen and oxygen atoms in total. The SMILES string of the molecule is Fc1ccc(C#CCCCCl)c(F)c1F. The number of rotatable bonds is 2. The minimum absolute atomic E-state index is 0.136. The first kappa shape index (κ1) is 11.9. The normalized spacial score (nSPS) is 9.60. The summed E-state index contributed by atoms with van der Waals surface area (Å²) >= 11 is 5.41. The molecular formula is C11H8ClF3. The molecule has 0 N–H and O–H groups in total. The molecule has 1 aromatic carbocycles. The van der Waals surface area contributed by atoms with Gasteiger partial charge in [0.15, 0.2) is 17.5 Å². The number of alkyl halides is 1. The van der Waals surface area contributed by atoms with E-state index in [1.54, 1.807) is 0 Å². The van der Waals surface area contributed by atoms with Crippen molar-refractivity contribution in [3.8, 4) is 11.8 Å². The molecule has 0 aliphatic heterocycles. The van der Waals surface area contributed by atoms with Crippen LogP contribution in [0.15, 0.2) is 12.1 Å². The molecule has 0 aromatic heterocycles. The van der Waals surface area contributed by atoms with Gasteiger partial charge in [0, 0.05) is 12.3 Å². The van der Waals surface area contributed by atoms with E-state index in [0.29, 0.717) is 18.7 Å². The number of benzene rings is 1. The average molecular weight is 233 g/mol. The van der Waals surface area contributed by atoms with Crippen LogP contribution in [0.4, 0.5) is 13.2 Å². The van der Waals surface area contributed by atoms with Crippen LogP contribution in [0.25, 0.3) is 0 Å². The van der Waals surface area contributed by atoms with Crippen molar-refractivity contribution >= 4 is 11.6 Å². The number of halogens is 4. The van der Waals surface area contributed by atoms with Gasteiger partial charge in [0.1, 0.15) is 0 Å². The number of hydrogen-bond donors (Lipinski definition) is 0. The Morgan fingerprint density at radius 2 is 1.87 bits per heavy atom. The molecular weight excluding hydrogens is 225 g/mol. The Bertz CT molecular complexity index is 404. The van der Waals surface area contributed by atoms with E-state index in [2.05, 4.69) is 11.8 Å². The van der Waals surface area contributed by atoms with Crippen LogP contribution in [-0.2, 0) is 0 Å². The lowest BCUT2D eigenvalue weighted by atomic mass is 10.2. The van der Waals surface area contributed by atoms with Crippen molar-refractivity contribution in [3.63, 3.8) is 0 Å². The zero-order chi connectivity index (χ0) is 11.3. The number of hydrogen-bond acceptors (Lipinski definition) is 0. The molecule has 0 saturated heterocycles. The summed E-state index contributed by atoms with van der Waals surface area (Å²) in [6.07, 6.45) is 1.18. The molecule has 0 heterocycles. The fourth-order valence-corrected chi connectivity index (χ4v) is 1.07. The molecule has 0 amide bonds. The Balaban J connectivity index is 2.85. The van der Waals surface area contributed by atoms with Gasteiger partial charge in [-0.25, -0.2) is 13.2 Å². The molecule has 0 bridgehead atoms. The van der Waals surface area contributed by atoms with Crippen LogP contribution < -0.4 is 0 Å². The van der Waals surface area contributed by atoms with Gasteiger partial charge in [-0.3, -0.25) is 0 Å². The summed E-state index contributed by atoms with van der Waals surface area (Å²) in [6, 6.07) is 1.96. The number of unbranched alkanes of at least 4 members (excludes halogenated alkanes) is 1. The highest BCUT2D eigenvalue weighted by Crippen LogP contribution is 2.13. The van der Waals surface area contributed by atoms with Crippen molar-refractivity contribution < 1.29 is 13.2 Å². The van der Waals surface area contributed by atoms with Crippen molar-refractivity contribution in [2.45, 2.75) is 12.8 Å². The van der Waals surface area contributed by atoms with E-state index in [-0.39, 0.29) is 5.56 Å². The highest BCUT2D eigenvalue weighted by molar-refractivity contribution is 6.17. The fraction of sp³-hybridized carbons (Fsp3) is 0.273. The van der Waals surface area contributed by atoms with E-state index in [0.717, 1.165) is 12.1 Å². The van der Waals surface area contributed by atoms with Gasteiger partial charge in [-0.15, -0.1) is 11.6 Å². The third kappa shape index (κ3) is 3.17. The van der Waals surface area contributed by atoms with Crippen LogP contribution in [0.1, 0.15) is 18.4 Å². The van der Waals surface area contributed by atoms with Crippen LogP contribution in [-0.4, -0.2) is 5.88 Å². The topological polar surface area (TPSA) is 0 Å². The molecule has 80 valence electrons. The smallest absolute Gasteiger partial charge is 0.195 e. The van der Waals surface area contributed by atoms with Gasteiger partial charge in [0.2, 0.25) is 0 Å². The predicted molar refractivity (Wildman–Crippen MR) is 53.1 cm³/mol. The lowest BCUT2D eigenvalue weighted by Gasteiger charge is -1.96. The Labute approximate surface area is 91.1 Å². The second-order valence-electron chi connectivity index (χ2n) is 2.82. The van der Waals surface area contributed by atoms with Gasteiger partial charge in [0.25, 0.3) is 0 Å². The predicted octanol–water partition coefficient (Wildman–Crippen LogP) is 3.47. The molecule has 0 saturated carbocycles. The molecule has 0 spiro atoms. The van der Waals surface area contributed by atoms with Crippen molar-refractivity contribution in [2.75, 3.05) is 5.88 Å². The minimum Gasteiger partial charge on any atom is -0.204 e. The lowest BCUT2D eigenvalue weighted by molar-refractivity contribution is 0.446. The first-order valence-electron chi connectivity index (χ1n) is 4.35. The van der Waals surface area contributed by atoms with E-state index >= 15 is 0 Å². The van der Waals surface area contributed by atoms with E-state index in [1.807, 2.05) is 0 Å². The maximum absolute atomic E-state index is 13.0. The zero-order valence-electron chi connectivity index (χ0n) is 7.79. The van der Waals surface area contributed by atoms with Crippen molar-refractivity contribution in [2.24, 2.45) is 0 Å². The first-order valence-corrected chi connectivity index (χ1v) is 4.88. The highest BCUT2D eigenvalue weighted by atomic mass is 35.5. The molecule has 1 rings (SSSR count). The maximum Gasteiger partial charge on any atom is 0.195 e. The van der Waals surface area contributed by atoms with Crippen molar-refractivity contribution in [3.05, 3.63) is 35.1 Å². The lowest BCUT2D eigenvalue weighted by Crippen LogP contribution is -1.93. The van der Waals surface area contributed by atoms with Crippen LogP contribution in [0.3, 0.4) is 0 Å². The second kappa shape index (κ2) is 5.67. The van der Waals surface area contributed by atoms with Crippen LogP contribution in [0, 0.1) is 29.3 Å². The maximum atomic E-state index is 13.0. The molecule has 0 radical (unpaired) electrons. The third-order valence-electron chi connectivity index (χ3n) is 1.69. The van der Waals surface area contributed by atoms with Crippen LogP contribution in [0.5, 0.6) is 0 Å². The van der Waals surface area contributed by atoms with Gasteiger partial charge in [-0.2, -0.15) is 0 Å². The summed E-state index contributed by atoms with van der Waals surface area (Å²) in [5.74, 6) is 1.58. The van der Waals surface area contributed by atoms with Gasteiger partial charge >= 0.3 is 0 Å². The van der Waals surface area contributed by atoms with Crippen molar-refractivity contribution in [1.29, 1.82) is 0 Å². The third-order valence-corrected chi connectivity index (χ3v) is 1.96. The molecule has 0 atom stereocenters. The average Bonchev–Trinajstić information content (AvgIpc) is 2.24. The summed E-state index contributed by atoms with van der Waals surface area (Å²) < 4.78 is 38.3. The van der Waals surface area contributed by atoms with Crippen molar-refractivity contribution in [1.82, 2.24) is 0 Å². The summed E-state index contributed by atoms with van der Waals surface area (Å²) in [4.78, 5) is 0. The van der Waals surface area contributed by atoms with Gasteiger partial charge < -0.3 is 0 Å². The summed E-state index contributed by atoms with van der Waals surface area (Å²) in [5.41, 5.74) is -0.136.